The molecule has 0 aromatic rings. The van der Waals surface area contributed by atoms with Crippen LogP contribution in [0.2, 0.25) is 0 Å². The van der Waals surface area contributed by atoms with Gasteiger partial charge in [-0.05, 0) is 13.3 Å². The first kappa shape index (κ1) is 8.85. The summed E-state index contributed by atoms with van der Waals surface area (Å²) in [6.07, 6.45) is 1.25. The summed E-state index contributed by atoms with van der Waals surface area (Å²) in [5.41, 5.74) is 0. The van der Waals surface area contributed by atoms with Crippen LogP contribution in [0.5, 0.6) is 0 Å². The van der Waals surface area contributed by atoms with Crippen molar-refractivity contribution in [2.24, 2.45) is 5.92 Å². The molecule has 12 heavy (non-hydrogen) atoms. The van der Waals surface area contributed by atoms with Crippen LogP contribution in [-0.2, 0) is 4.74 Å². The third-order valence-electron chi connectivity index (χ3n) is 2.70. The molecule has 0 saturated carbocycles. The van der Waals surface area contributed by atoms with Gasteiger partial charge in [-0.1, -0.05) is 0 Å². The molecule has 2 aliphatic heterocycles. The Kier molecular flexibility index (Phi) is 2.94. The highest BCUT2D eigenvalue weighted by atomic mass is 32.2. The standard InChI is InChI=1S/C9H17NOS/c1-7-5-12-6-9(10-7)8-2-3-11-4-8/h7-10H,2-6H2,1H3. The van der Waals surface area contributed by atoms with Gasteiger partial charge in [0, 0.05) is 36.1 Å². The van der Waals surface area contributed by atoms with Crippen molar-refractivity contribution in [3.05, 3.63) is 0 Å². The molecule has 0 spiro atoms. The molecule has 0 aliphatic carbocycles. The highest BCUT2D eigenvalue weighted by Gasteiger charge is 2.28. The summed E-state index contributed by atoms with van der Waals surface area (Å²) in [5, 5.41) is 3.66. The van der Waals surface area contributed by atoms with Crippen molar-refractivity contribution >= 4 is 11.8 Å². The number of nitrogens with one attached hydrogen (secondary N) is 1. The summed E-state index contributed by atoms with van der Waals surface area (Å²) in [7, 11) is 0. The molecule has 1 N–H and O–H groups in total. The zero-order valence-corrected chi connectivity index (χ0v) is 8.40. The second-order valence-electron chi connectivity index (χ2n) is 3.84. The lowest BCUT2D eigenvalue weighted by Crippen LogP contribution is -2.48. The van der Waals surface area contributed by atoms with Gasteiger partial charge in [0.2, 0.25) is 0 Å². The monoisotopic (exact) mass is 187 g/mol. The topological polar surface area (TPSA) is 21.3 Å². The van der Waals surface area contributed by atoms with Crippen LogP contribution in [0.15, 0.2) is 0 Å². The Morgan fingerprint density at radius 3 is 3.00 bits per heavy atom. The van der Waals surface area contributed by atoms with Crippen molar-refractivity contribution in [1.29, 1.82) is 0 Å². The zero-order chi connectivity index (χ0) is 8.39. The Hall–Kier alpha value is 0.270. The van der Waals surface area contributed by atoms with Crippen LogP contribution in [0.1, 0.15) is 13.3 Å². The molecule has 0 aromatic heterocycles. The Balaban J connectivity index is 1.85. The lowest BCUT2D eigenvalue weighted by atomic mass is 10.00. The van der Waals surface area contributed by atoms with Crippen molar-refractivity contribution in [1.82, 2.24) is 5.32 Å². The molecule has 0 amide bonds. The van der Waals surface area contributed by atoms with Gasteiger partial charge in [-0.3, -0.25) is 0 Å². The maximum atomic E-state index is 5.40. The predicted octanol–water partition coefficient (Wildman–Crippen LogP) is 1.12. The Labute approximate surface area is 78.4 Å². The molecular formula is C9H17NOS. The van der Waals surface area contributed by atoms with E-state index in [1.54, 1.807) is 0 Å². The van der Waals surface area contributed by atoms with Crippen LogP contribution >= 0.6 is 11.8 Å². The minimum atomic E-state index is 0.689. The van der Waals surface area contributed by atoms with E-state index in [4.69, 9.17) is 4.74 Å². The van der Waals surface area contributed by atoms with E-state index in [1.165, 1.54) is 17.9 Å². The normalized spacial score (nSPS) is 43.2. The first-order valence-corrected chi connectivity index (χ1v) is 5.93. The molecule has 3 atom stereocenters. The highest BCUT2D eigenvalue weighted by Crippen LogP contribution is 2.23. The fraction of sp³-hybridized carbons (Fsp3) is 1.00. The number of thioether (sulfide) groups is 1. The Morgan fingerprint density at radius 1 is 1.42 bits per heavy atom. The van der Waals surface area contributed by atoms with Crippen LogP contribution < -0.4 is 5.32 Å². The molecule has 0 bridgehead atoms. The van der Waals surface area contributed by atoms with E-state index >= 15 is 0 Å². The minimum absolute atomic E-state index is 0.689. The fourth-order valence-electron chi connectivity index (χ4n) is 1.98. The lowest BCUT2D eigenvalue weighted by Gasteiger charge is -2.31. The van der Waals surface area contributed by atoms with Crippen LogP contribution in [0, 0.1) is 5.92 Å². The fourth-order valence-corrected chi connectivity index (χ4v) is 3.18. The van der Waals surface area contributed by atoms with Crippen molar-refractivity contribution in [2.75, 3.05) is 24.7 Å². The predicted molar refractivity (Wildman–Crippen MR) is 52.6 cm³/mol. The molecule has 2 rings (SSSR count). The summed E-state index contributed by atoms with van der Waals surface area (Å²) in [6, 6.07) is 1.40. The Bertz CT molecular complexity index is 147. The zero-order valence-electron chi connectivity index (χ0n) is 7.58. The van der Waals surface area contributed by atoms with Crippen molar-refractivity contribution in [3.63, 3.8) is 0 Å². The minimum Gasteiger partial charge on any atom is -0.381 e. The summed E-state index contributed by atoms with van der Waals surface area (Å²) in [5.74, 6) is 3.32. The molecule has 3 unspecified atom stereocenters. The van der Waals surface area contributed by atoms with Crippen LogP contribution in [0.4, 0.5) is 0 Å². The number of hydrogen-bond donors (Lipinski definition) is 1. The smallest absolute Gasteiger partial charge is 0.0510 e. The van der Waals surface area contributed by atoms with Gasteiger partial charge in [0.05, 0.1) is 6.61 Å². The molecule has 2 aliphatic rings. The molecular weight excluding hydrogens is 170 g/mol. The highest BCUT2D eigenvalue weighted by molar-refractivity contribution is 7.99. The van der Waals surface area contributed by atoms with E-state index in [0.717, 1.165) is 19.1 Å². The largest absolute Gasteiger partial charge is 0.381 e. The van der Waals surface area contributed by atoms with Crippen LogP contribution in [-0.4, -0.2) is 36.8 Å². The molecule has 2 saturated heterocycles. The molecule has 0 aromatic carbocycles. The van der Waals surface area contributed by atoms with Crippen LogP contribution in [0.25, 0.3) is 0 Å². The second kappa shape index (κ2) is 3.99. The van der Waals surface area contributed by atoms with Gasteiger partial charge in [0.1, 0.15) is 0 Å². The molecule has 2 fully saturated rings. The van der Waals surface area contributed by atoms with E-state index in [1.807, 2.05) is 0 Å². The third kappa shape index (κ3) is 1.95. The van der Waals surface area contributed by atoms with Crippen LogP contribution in [0.3, 0.4) is 0 Å². The maximum Gasteiger partial charge on any atom is 0.0510 e. The van der Waals surface area contributed by atoms with Crippen molar-refractivity contribution in [3.8, 4) is 0 Å². The summed E-state index contributed by atoms with van der Waals surface area (Å²) < 4.78 is 5.40. The van der Waals surface area contributed by atoms with Crippen molar-refractivity contribution in [2.45, 2.75) is 25.4 Å². The summed E-state index contributed by atoms with van der Waals surface area (Å²) >= 11 is 2.08. The van der Waals surface area contributed by atoms with Crippen molar-refractivity contribution < 1.29 is 4.74 Å². The Morgan fingerprint density at radius 2 is 2.33 bits per heavy atom. The molecule has 2 heterocycles. The average molecular weight is 187 g/mol. The second-order valence-corrected chi connectivity index (χ2v) is 4.91. The van der Waals surface area contributed by atoms with E-state index in [0.29, 0.717) is 12.1 Å². The van der Waals surface area contributed by atoms with Gasteiger partial charge in [-0.2, -0.15) is 11.8 Å². The lowest BCUT2D eigenvalue weighted by molar-refractivity contribution is 0.177. The first-order valence-electron chi connectivity index (χ1n) is 4.78. The average Bonchev–Trinajstić information content (AvgIpc) is 2.56. The van der Waals surface area contributed by atoms with Gasteiger partial charge >= 0.3 is 0 Å². The van der Waals surface area contributed by atoms with E-state index < -0.39 is 0 Å². The number of hydrogen-bond acceptors (Lipinski definition) is 3. The maximum absolute atomic E-state index is 5.40. The van der Waals surface area contributed by atoms with Gasteiger partial charge < -0.3 is 10.1 Å². The van der Waals surface area contributed by atoms with E-state index in [9.17, 15) is 0 Å². The van der Waals surface area contributed by atoms with Gasteiger partial charge in [-0.25, -0.2) is 0 Å². The van der Waals surface area contributed by atoms with Gasteiger partial charge in [0.15, 0.2) is 0 Å². The number of rotatable bonds is 1. The molecule has 2 nitrogen and oxygen atoms in total. The van der Waals surface area contributed by atoms with Gasteiger partial charge in [-0.15, -0.1) is 0 Å². The van der Waals surface area contributed by atoms with E-state index in [2.05, 4.69) is 24.0 Å². The summed E-state index contributed by atoms with van der Waals surface area (Å²) in [6.45, 7) is 4.22. The molecule has 3 heteroatoms. The molecule has 0 radical (unpaired) electrons. The first-order chi connectivity index (χ1) is 5.86. The quantitative estimate of drug-likeness (QED) is 0.664. The SMILES string of the molecule is CC1CSCC(C2CCOC2)N1. The summed E-state index contributed by atoms with van der Waals surface area (Å²) in [4.78, 5) is 0. The molecule has 70 valence electrons. The van der Waals surface area contributed by atoms with Gasteiger partial charge in [0.25, 0.3) is 0 Å². The van der Waals surface area contributed by atoms with E-state index in [-0.39, 0.29) is 0 Å². The third-order valence-corrected chi connectivity index (χ3v) is 4.03. The number of ether oxygens (including phenoxy) is 1.